The molecule has 0 bridgehead atoms. The SMILES string of the molecule is C[C@@H](C(=O)NC(C)(C)C)S(=O)(=O)Cc1csc(COc2ccc(F)cc2)n1. The zero-order chi connectivity index (χ0) is 20.2. The second-order valence-corrected chi connectivity index (χ2v) is 10.4. The minimum atomic E-state index is -3.69. The van der Waals surface area contributed by atoms with Gasteiger partial charge in [-0.25, -0.2) is 17.8 Å². The Hall–Kier alpha value is -2.00. The van der Waals surface area contributed by atoms with Crippen molar-refractivity contribution >= 4 is 27.1 Å². The van der Waals surface area contributed by atoms with Crippen molar-refractivity contribution in [2.75, 3.05) is 0 Å². The van der Waals surface area contributed by atoms with Crippen molar-refractivity contribution in [3.63, 3.8) is 0 Å². The second-order valence-electron chi connectivity index (χ2n) is 7.16. The van der Waals surface area contributed by atoms with Crippen LogP contribution in [0.1, 0.15) is 38.4 Å². The molecule has 1 heterocycles. The average molecular weight is 415 g/mol. The number of amides is 1. The van der Waals surface area contributed by atoms with Crippen molar-refractivity contribution in [2.45, 2.75) is 50.8 Å². The Bertz CT molecular complexity index is 887. The highest BCUT2D eigenvalue weighted by molar-refractivity contribution is 7.92. The third-order valence-electron chi connectivity index (χ3n) is 3.53. The van der Waals surface area contributed by atoms with Gasteiger partial charge in [0.1, 0.15) is 28.4 Å². The number of hydrogen-bond donors (Lipinski definition) is 1. The molecular formula is C18H23FN2O4S2. The minimum absolute atomic E-state index is 0.149. The highest BCUT2D eigenvalue weighted by atomic mass is 32.2. The maximum Gasteiger partial charge on any atom is 0.238 e. The molecule has 1 amide bonds. The normalized spacial score (nSPS) is 13.2. The number of benzene rings is 1. The van der Waals surface area contributed by atoms with E-state index in [1.54, 1.807) is 26.2 Å². The van der Waals surface area contributed by atoms with Gasteiger partial charge >= 0.3 is 0 Å². The number of aromatic nitrogens is 1. The predicted octanol–water partition coefficient (Wildman–Crippen LogP) is 3.08. The van der Waals surface area contributed by atoms with E-state index in [9.17, 15) is 17.6 Å². The highest BCUT2D eigenvalue weighted by Gasteiger charge is 2.31. The third-order valence-corrected chi connectivity index (χ3v) is 6.39. The van der Waals surface area contributed by atoms with Crippen molar-refractivity contribution in [3.8, 4) is 5.75 Å². The lowest BCUT2D eigenvalue weighted by Crippen LogP contribution is -2.47. The quantitative estimate of drug-likeness (QED) is 0.753. The van der Waals surface area contributed by atoms with E-state index in [2.05, 4.69) is 10.3 Å². The summed E-state index contributed by atoms with van der Waals surface area (Å²) >= 11 is 1.27. The van der Waals surface area contributed by atoms with Crippen molar-refractivity contribution in [3.05, 3.63) is 46.2 Å². The van der Waals surface area contributed by atoms with E-state index >= 15 is 0 Å². The molecule has 1 N–H and O–H groups in total. The molecule has 9 heteroatoms. The fourth-order valence-electron chi connectivity index (χ4n) is 2.12. The standard InChI is InChI=1S/C18H23FN2O4S2/c1-12(17(22)21-18(2,3)4)27(23,24)11-14-10-26-16(20-14)9-25-15-7-5-13(19)6-8-15/h5-8,10,12H,9,11H2,1-4H3,(H,21,22)/t12-/m0/s1. The van der Waals surface area contributed by atoms with Gasteiger partial charge in [-0.15, -0.1) is 11.3 Å². The highest BCUT2D eigenvalue weighted by Crippen LogP contribution is 2.18. The molecule has 0 spiro atoms. The van der Waals surface area contributed by atoms with Crippen LogP contribution in [0.25, 0.3) is 0 Å². The summed E-state index contributed by atoms with van der Waals surface area (Å²) < 4.78 is 43.3. The number of nitrogens with one attached hydrogen (secondary N) is 1. The lowest BCUT2D eigenvalue weighted by atomic mass is 10.1. The minimum Gasteiger partial charge on any atom is -0.486 e. The Labute approximate surface area is 162 Å². The van der Waals surface area contributed by atoms with Crippen molar-refractivity contribution in [2.24, 2.45) is 0 Å². The van der Waals surface area contributed by atoms with Crippen LogP contribution in [0, 0.1) is 5.82 Å². The summed E-state index contributed by atoms with van der Waals surface area (Å²) in [5, 5.41) is 3.73. The van der Waals surface area contributed by atoms with Gasteiger partial charge in [0.25, 0.3) is 0 Å². The Balaban J connectivity index is 1.97. The first-order chi connectivity index (χ1) is 12.5. The fraction of sp³-hybridized carbons (Fsp3) is 0.444. The molecule has 148 valence electrons. The van der Waals surface area contributed by atoms with E-state index in [1.165, 1.54) is 42.5 Å². The Morgan fingerprint density at radius 3 is 2.52 bits per heavy atom. The summed E-state index contributed by atoms with van der Waals surface area (Å²) in [4.78, 5) is 16.4. The first-order valence-electron chi connectivity index (χ1n) is 8.31. The monoisotopic (exact) mass is 414 g/mol. The molecule has 1 atom stereocenters. The summed E-state index contributed by atoms with van der Waals surface area (Å²) in [5.41, 5.74) is -0.139. The average Bonchev–Trinajstić information content (AvgIpc) is 2.98. The lowest BCUT2D eigenvalue weighted by molar-refractivity contribution is -0.121. The number of carbonyl (C=O) groups is 1. The number of ether oxygens (including phenoxy) is 1. The Morgan fingerprint density at radius 1 is 1.30 bits per heavy atom. The second kappa shape index (κ2) is 8.35. The number of sulfone groups is 1. The van der Waals surface area contributed by atoms with E-state index < -0.39 is 26.5 Å². The molecule has 0 fully saturated rings. The number of carbonyl (C=O) groups excluding carboxylic acids is 1. The smallest absolute Gasteiger partial charge is 0.238 e. The molecule has 0 aliphatic carbocycles. The van der Waals surface area contributed by atoms with Crippen LogP contribution >= 0.6 is 11.3 Å². The Kier molecular flexibility index (Phi) is 6.59. The molecule has 0 saturated carbocycles. The van der Waals surface area contributed by atoms with Gasteiger partial charge in [0, 0.05) is 10.9 Å². The van der Waals surface area contributed by atoms with Crippen LogP contribution in [0.3, 0.4) is 0 Å². The summed E-state index contributed by atoms with van der Waals surface area (Å²) in [5.74, 6) is -0.710. The van der Waals surface area contributed by atoms with Gasteiger partial charge in [0.15, 0.2) is 9.84 Å². The Morgan fingerprint density at radius 2 is 1.93 bits per heavy atom. The van der Waals surface area contributed by atoms with E-state index in [-0.39, 0.29) is 18.2 Å². The number of nitrogens with zero attached hydrogens (tertiary/aromatic N) is 1. The number of thiazole rings is 1. The molecule has 2 aromatic rings. The van der Waals surface area contributed by atoms with Crippen LogP contribution in [0.4, 0.5) is 4.39 Å². The maximum atomic E-state index is 12.9. The zero-order valence-electron chi connectivity index (χ0n) is 15.7. The number of hydrogen-bond acceptors (Lipinski definition) is 6. The van der Waals surface area contributed by atoms with Gasteiger partial charge in [-0.05, 0) is 52.0 Å². The molecule has 0 saturated heterocycles. The molecule has 0 aliphatic rings. The molecule has 27 heavy (non-hydrogen) atoms. The molecule has 2 rings (SSSR count). The lowest BCUT2D eigenvalue weighted by Gasteiger charge is -2.23. The van der Waals surface area contributed by atoms with E-state index in [0.29, 0.717) is 16.5 Å². The van der Waals surface area contributed by atoms with Gasteiger partial charge in [-0.2, -0.15) is 0 Å². The van der Waals surface area contributed by atoms with E-state index in [0.717, 1.165) is 0 Å². The fourth-order valence-corrected chi connectivity index (χ4v) is 4.13. The topological polar surface area (TPSA) is 85.4 Å². The van der Waals surface area contributed by atoms with Crippen LogP contribution in [0.2, 0.25) is 0 Å². The summed E-state index contributed by atoms with van der Waals surface area (Å²) in [6.07, 6.45) is 0. The van der Waals surface area contributed by atoms with Crippen LogP contribution in [-0.4, -0.2) is 30.1 Å². The summed E-state index contributed by atoms with van der Waals surface area (Å²) in [7, 11) is -3.69. The van der Waals surface area contributed by atoms with Gasteiger partial charge in [-0.3, -0.25) is 4.79 Å². The first kappa shape index (κ1) is 21.3. The van der Waals surface area contributed by atoms with Crippen molar-refractivity contribution < 1.29 is 22.3 Å². The molecule has 0 aliphatic heterocycles. The maximum absolute atomic E-state index is 12.9. The van der Waals surface area contributed by atoms with Gasteiger partial charge in [0.05, 0.1) is 11.4 Å². The summed E-state index contributed by atoms with van der Waals surface area (Å²) in [6.45, 7) is 6.89. The molecule has 6 nitrogen and oxygen atoms in total. The molecule has 0 radical (unpaired) electrons. The first-order valence-corrected chi connectivity index (χ1v) is 10.9. The molecule has 1 aromatic carbocycles. The number of rotatable bonds is 7. The van der Waals surface area contributed by atoms with Gasteiger partial charge in [0.2, 0.25) is 5.91 Å². The predicted molar refractivity (Wildman–Crippen MR) is 103 cm³/mol. The molecule has 0 unspecified atom stereocenters. The van der Waals surface area contributed by atoms with Crippen molar-refractivity contribution in [1.29, 1.82) is 0 Å². The zero-order valence-corrected chi connectivity index (χ0v) is 17.3. The van der Waals surface area contributed by atoms with Crippen LogP contribution in [-0.2, 0) is 27.0 Å². The summed E-state index contributed by atoms with van der Waals surface area (Å²) in [6, 6.07) is 5.59. The molecular weight excluding hydrogens is 391 g/mol. The van der Waals surface area contributed by atoms with Gasteiger partial charge in [-0.1, -0.05) is 0 Å². The van der Waals surface area contributed by atoms with Crippen LogP contribution < -0.4 is 10.1 Å². The van der Waals surface area contributed by atoms with Crippen molar-refractivity contribution in [1.82, 2.24) is 10.3 Å². The third kappa shape index (κ3) is 6.59. The van der Waals surface area contributed by atoms with E-state index in [4.69, 9.17) is 4.74 Å². The van der Waals surface area contributed by atoms with E-state index in [1.807, 2.05) is 0 Å². The van der Waals surface area contributed by atoms with Crippen LogP contribution in [0.15, 0.2) is 29.6 Å². The number of halogens is 1. The van der Waals surface area contributed by atoms with Gasteiger partial charge < -0.3 is 10.1 Å². The largest absolute Gasteiger partial charge is 0.486 e. The van der Waals surface area contributed by atoms with Crippen LogP contribution in [0.5, 0.6) is 5.75 Å². The molecule has 1 aromatic heterocycles.